The van der Waals surface area contributed by atoms with Gasteiger partial charge in [-0.1, -0.05) is 43.2 Å². The molecule has 3 heteroatoms. The van der Waals surface area contributed by atoms with Crippen molar-refractivity contribution in [3.05, 3.63) is 35.9 Å². The summed E-state index contributed by atoms with van der Waals surface area (Å²) in [6.45, 7) is 1.72. The summed E-state index contributed by atoms with van der Waals surface area (Å²) in [5.74, 6) is 0.791. The summed E-state index contributed by atoms with van der Waals surface area (Å²) in [6.07, 6.45) is 6.05. The van der Waals surface area contributed by atoms with E-state index in [0.717, 1.165) is 51.6 Å². The van der Waals surface area contributed by atoms with E-state index in [1.807, 2.05) is 4.90 Å². The van der Waals surface area contributed by atoms with Gasteiger partial charge in [-0.2, -0.15) is 0 Å². The van der Waals surface area contributed by atoms with Crippen LogP contribution < -0.4 is 5.73 Å². The maximum absolute atomic E-state index is 12.6. The molecule has 3 rings (SSSR count). The minimum absolute atomic E-state index is 0.196. The molecule has 3 nitrogen and oxygen atoms in total. The summed E-state index contributed by atoms with van der Waals surface area (Å²) in [6, 6.07) is 10.6. The molecule has 2 fully saturated rings. The fourth-order valence-corrected chi connectivity index (χ4v) is 3.68. The fraction of sp³-hybridized carbons (Fsp3) is 0.588. The Balaban J connectivity index is 1.60. The molecule has 1 saturated heterocycles. The lowest BCUT2D eigenvalue weighted by atomic mass is 9.88. The van der Waals surface area contributed by atoms with E-state index in [0.29, 0.717) is 5.92 Å². The van der Waals surface area contributed by atoms with Crippen molar-refractivity contribution < 1.29 is 4.79 Å². The van der Waals surface area contributed by atoms with Gasteiger partial charge in [0, 0.05) is 13.1 Å². The van der Waals surface area contributed by atoms with Crippen LogP contribution in [-0.2, 0) is 4.79 Å². The molecule has 1 amide bonds. The highest BCUT2D eigenvalue weighted by molar-refractivity contribution is 5.86. The summed E-state index contributed by atoms with van der Waals surface area (Å²) in [5, 5.41) is 0. The summed E-state index contributed by atoms with van der Waals surface area (Å²) in [4.78, 5) is 14.6. The van der Waals surface area contributed by atoms with E-state index in [-0.39, 0.29) is 5.91 Å². The highest BCUT2D eigenvalue weighted by atomic mass is 16.2. The van der Waals surface area contributed by atoms with Crippen LogP contribution in [0.4, 0.5) is 0 Å². The molecule has 1 aliphatic carbocycles. The van der Waals surface area contributed by atoms with Crippen molar-refractivity contribution in [3.8, 4) is 0 Å². The van der Waals surface area contributed by atoms with Crippen LogP contribution in [0, 0.1) is 0 Å². The zero-order valence-electron chi connectivity index (χ0n) is 12.1. The number of piperidine rings is 1. The second-order valence-electron chi connectivity index (χ2n) is 6.34. The highest BCUT2D eigenvalue weighted by Crippen LogP contribution is 2.32. The molecule has 0 bridgehead atoms. The topological polar surface area (TPSA) is 46.3 Å². The van der Waals surface area contributed by atoms with Crippen LogP contribution in [-0.4, -0.2) is 29.4 Å². The molecule has 108 valence electrons. The van der Waals surface area contributed by atoms with Crippen LogP contribution in [0.2, 0.25) is 0 Å². The van der Waals surface area contributed by atoms with Gasteiger partial charge in [-0.15, -0.1) is 0 Å². The lowest BCUT2D eigenvalue weighted by molar-refractivity contribution is -0.137. The molecule has 0 atom stereocenters. The number of carbonyl (C=O) groups is 1. The van der Waals surface area contributed by atoms with Gasteiger partial charge in [-0.3, -0.25) is 4.79 Å². The number of hydrogen-bond donors (Lipinski definition) is 1. The quantitative estimate of drug-likeness (QED) is 0.899. The average Bonchev–Trinajstić information content (AvgIpc) is 2.96. The molecule has 2 N–H and O–H groups in total. The Labute approximate surface area is 121 Å². The maximum atomic E-state index is 12.6. The second kappa shape index (κ2) is 5.57. The summed E-state index contributed by atoms with van der Waals surface area (Å²) in [7, 11) is 0. The van der Waals surface area contributed by atoms with Crippen molar-refractivity contribution in [3.63, 3.8) is 0 Å². The summed E-state index contributed by atoms with van der Waals surface area (Å²) < 4.78 is 0. The molecule has 2 aliphatic rings. The molecule has 0 radical (unpaired) electrons. The Bertz CT molecular complexity index is 457. The first-order valence-electron chi connectivity index (χ1n) is 7.82. The molecule has 1 aliphatic heterocycles. The first-order valence-corrected chi connectivity index (χ1v) is 7.82. The van der Waals surface area contributed by atoms with E-state index >= 15 is 0 Å². The third kappa shape index (κ3) is 2.59. The number of benzene rings is 1. The average molecular weight is 272 g/mol. The fourth-order valence-electron chi connectivity index (χ4n) is 3.68. The number of carbonyl (C=O) groups excluding carboxylic acids is 1. The van der Waals surface area contributed by atoms with Gasteiger partial charge >= 0.3 is 0 Å². The Kier molecular flexibility index (Phi) is 3.79. The molecule has 0 unspecified atom stereocenters. The third-order valence-corrected chi connectivity index (χ3v) is 4.97. The molecule has 0 spiro atoms. The lowest BCUT2D eigenvalue weighted by Gasteiger charge is -2.37. The standard InChI is InChI=1S/C17H24N2O/c18-17(10-4-5-11-17)16(20)19-12-8-15(9-13-19)14-6-2-1-3-7-14/h1-3,6-7,15H,4-5,8-13,18H2. The predicted molar refractivity (Wildman–Crippen MR) is 80.4 cm³/mol. The maximum Gasteiger partial charge on any atom is 0.242 e. The zero-order chi connectivity index (χ0) is 14.0. The van der Waals surface area contributed by atoms with Crippen LogP contribution in [0.3, 0.4) is 0 Å². The molecule has 1 saturated carbocycles. The van der Waals surface area contributed by atoms with Gasteiger partial charge in [0.05, 0.1) is 5.54 Å². The summed E-state index contributed by atoms with van der Waals surface area (Å²) >= 11 is 0. The van der Waals surface area contributed by atoms with E-state index in [1.165, 1.54) is 5.56 Å². The molecule has 1 heterocycles. The first kappa shape index (κ1) is 13.6. The Hall–Kier alpha value is -1.35. The van der Waals surface area contributed by atoms with E-state index < -0.39 is 5.54 Å². The Morgan fingerprint density at radius 2 is 1.70 bits per heavy atom. The number of likely N-dealkylation sites (tertiary alicyclic amines) is 1. The largest absolute Gasteiger partial charge is 0.341 e. The van der Waals surface area contributed by atoms with Crippen molar-refractivity contribution in [1.29, 1.82) is 0 Å². The van der Waals surface area contributed by atoms with Crippen LogP contribution in [0.15, 0.2) is 30.3 Å². The normalized spacial score (nSPS) is 22.9. The Morgan fingerprint density at radius 1 is 1.10 bits per heavy atom. The van der Waals surface area contributed by atoms with Gasteiger partial charge in [-0.25, -0.2) is 0 Å². The zero-order valence-corrected chi connectivity index (χ0v) is 12.1. The molecular formula is C17H24N2O. The van der Waals surface area contributed by atoms with Crippen LogP contribution in [0.5, 0.6) is 0 Å². The second-order valence-corrected chi connectivity index (χ2v) is 6.34. The molecule has 20 heavy (non-hydrogen) atoms. The predicted octanol–water partition coefficient (Wildman–Crippen LogP) is 2.66. The minimum Gasteiger partial charge on any atom is -0.341 e. The van der Waals surface area contributed by atoms with Crippen molar-refractivity contribution in [2.75, 3.05) is 13.1 Å². The molecule has 1 aromatic carbocycles. The number of amides is 1. The van der Waals surface area contributed by atoms with Gasteiger partial charge in [0.1, 0.15) is 0 Å². The number of nitrogens with zero attached hydrogens (tertiary/aromatic N) is 1. The third-order valence-electron chi connectivity index (χ3n) is 4.97. The van der Waals surface area contributed by atoms with Crippen LogP contribution >= 0.6 is 0 Å². The van der Waals surface area contributed by atoms with E-state index in [1.54, 1.807) is 0 Å². The van der Waals surface area contributed by atoms with E-state index in [4.69, 9.17) is 5.73 Å². The van der Waals surface area contributed by atoms with Gasteiger partial charge in [0.15, 0.2) is 0 Å². The van der Waals surface area contributed by atoms with Gasteiger partial charge in [0.25, 0.3) is 0 Å². The Morgan fingerprint density at radius 3 is 2.30 bits per heavy atom. The number of hydrogen-bond acceptors (Lipinski definition) is 2. The minimum atomic E-state index is -0.556. The SMILES string of the molecule is NC1(C(=O)N2CCC(c3ccccc3)CC2)CCCC1. The van der Waals surface area contributed by atoms with E-state index in [2.05, 4.69) is 30.3 Å². The van der Waals surface area contributed by atoms with Crippen molar-refractivity contribution in [2.45, 2.75) is 50.0 Å². The van der Waals surface area contributed by atoms with Crippen LogP contribution in [0.25, 0.3) is 0 Å². The summed E-state index contributed by atoms with van der Waals surface area (Å²) in [5.41, 5.74) is 7.14. The monoisotopic (exact) mass is 272 g/mol. The van der Waals surface area contributed by atoms with Crippen molar-refractivity contribution in [2.24, 2.45) is 5.73 Å². The van der Waals surface area contributed by atoms with Crippen molar-refractivity contribution >= 4 is 5.91 Å². The lowest BCUT2D eigenvalue weighted by Crippen LogP contribution is -2.55. The van der Waals surface area contributed by atoms with Gasteiger partial charge in [0.2, 0.25) is 5.91 Å². The number of nitrogens with two attached hydrogens (primary N) is 1. The molecular weight excluding hydrogens is 248 g/mol. The smallest absolute Gasteiger partial charge is 0.242 e. The van der Waals surface area contributed by atoms with Crippen molar-refractivity contribution in [1.82, 2.24) is 4.90 Å². The molecule has 1 aromatic rings. The van der Waals surface area contributed by atoms with Gasteiger partial charge in [-0.05, 0) is 37.2 Å². The van der Waals surface area contributed by atoms with E-state index in [9.17, 15) is 4.79 Å². The number of rotatable bonds is 2. The molecule has 0 aromatic heterocycles. The highest BCUT2D eigenvalue weighted by Gasteiger charge is 2.40. The van der Waals surface area contributed by atoms with Crippen LogP contribution in [0.1, 0.15) is 50.0 Å². The first-order chi connectivity index (χ1) is 9.69. The van der Waals surface area contributed by atoms with Gasteiger partial charge < -0.3 is 10.6 Å².